The van der Waals surface area contributed by atoms with Crippen molar-refractivity contribution in [1.29, 1.82) is 0 Å². The zero-order chi connectivity index (χ0) is 21.0. The molecule has 0 spiro atoms. The molecule has 152 valence electrons. The minimum atomic E-state index is -0.519. The van der Waals surface area contributed by atoms with E-state index < -0.39 is 10.8 Å². The molecule has 0 aliphatic rings. The van der Waals surface area contributed by atoms with Gasteiger partial charge in [-0.1, -0.05) is 13.8 Å². The molecule has 0 bridgehead atoms. The predicted molar refractivity (Wildman–Crippen MR) is 102 cm³/mol. The number of carbonyl (C=O) groups excluding carboxylic acids is 2. The summed E-state index contributed by atoms with van der Waals surface area (Å²) >= 11 is 0. The summed E-state index contributed by atoms with van der Waals surface area (Å²) in [6.45, 7) is 9.66. The Balaban J connectivity index is 2.18. The molecule has 11 heteroatoms. The van der Waals surface area contributed by atoms with Crippen LogP contribution < -0.4 is 10.6 Å². The van der Waals surface area contributed by atoms with Gasteiger partial charge in [0.05, 0.1) is 10.6 Å². The predicted octanol–water partition coefficient (Wildman–Crippen LogP) is 1.65. The van der Waals surface area contributed by atoms with Crippen molar-refractivity contribution < 1.29 is 14.5 Å². The van der Waals surface area contributed by atoms with E-state index in [0.29, 0.717) is 13.1 Å². The number of hydrogen-bond acceptors (Lipinski definition) is 6. The summed E-state index contributed by atoms with van der Waals surface area (Å²) in [6.07, 6.45) is 1.58. The van der Waals surface area contributed by atoms with Crippen LogP contribution in [0.15, 0.2) is 6.20 Å². The highest BCUT2D eigenvalue weighted by atomic mass is 16.6. The molecule has 0 unspecified atom stereocenters. The summed E-state index contributed by atoms with van der Waals surface area (Å²) < 4.78 is 2.82. The van der Waals surface area contributed by atoms with Gasteiger partial charge < -0.3 is 10.6 Å². The molecule has 0 saturated carbocycles. The first-order chi connectivity index (χ1) is 13.1. The van der Waals surface area contributed by atoms with E-state index in [9.17, 15) is 19.7 Å². The van der Waals surface area contributed by atoms with E-state index >= 15 is 0 Å². The lowest BCUT2D eigenvalue weighted by Crippen LogP contribution is -2.29. The smallest absolute Gasteiger partial charge is 0.312 e. The largest absolute Gasteiger partial charge is 0.350 e. The second kappa shape index (κ2) is 8.63. The van der Waals surface area contributed by atoms with Gasteiger partial charge in [0.25, 0.3) is 5.91 Å². The van der Waals surface area contributed by atoms with E-state index in [-0.39, 0.29) is 46.8 Å². The zero-order valence-electron chi connectivity index (χ0n) is 16.6. The molecule has 2 aromatic rings. The first-order valence-electron chi connectivity index (χ1n) is 8.97. The Bertz CT molecular complexity index is 898. The van der Waals surface area contributed by atoms with Crippen molar-refractivity contribution in [2.75, 3.05) is 11.9 Å². The third kappa shape index (κ3) is 4.72. The number of hydrogen-bond donors (Lipinski definition) is 2. The fraction of sp³-hybridized carbons (Fsp3) is 0.529. The summed E-state index contributed by atoms with van der Waals surface area (Å²) in [4.78, 5) is 35.4. The average Bonchev–Trinajstić information content (AvgIpc) is 3.13. The van der Waals surface area contributed by atoms with Crippen LogP contribution in [0.5, 0.6) is 0 Å². The molecular weight excluding hydrogens is 366 g/mol. The van der Waals surface area contributed by atoms with Crippen LogP contribution in [0.2, 0.25) is 0 Å². The number of nitrogens with zero attached hydrogens (tertiary/aromatic N) is 5. The second-order valence-corrected chi connectivity index (χ2v) is 6.83. The molecule has 2 N–H and O–H groups in total. The number of anilines is 1. The molecule has 2 aromatic heterocycles. The quantitative estimate of drug-likeness (QED) is 0.518. The van der Waals surface area contributed by atoms with E-state index in [0.717, 1.165) is 0 Å². The van der Waals surface area contributed by atoms with Gasteiger partial charge in [-0.25, -0.2) is 0 Å². The first kappa shape index (κ1) is 21.1. The van der Waals surface area contributed by atoms with Crippen LogP contribution in [-0.2, 0) is 17.9 Å². The monoisotopic (exact) mass is 391 g/mol. The molecule has 0 aliphatic carbocycles. The van der Waals surface area contributed by atoms with Crippen molar-refractivity contribution in [3.8, 4) is 0 Å². The number of amides is 2. The second-order valence-electron chi connectivity index (χ2n) is 6.83. The van der Waals surface area contributed by atoms with Crippen LogP contribution in [-0.4, -0.2) is 42.8 Å². The Morgan fingerprint density at radius 3 is 2.50 bits per heavy atom. The SMILES string of the molecule is CCn1cc(NC(=O)Cn2nc(C)c([N+](=O)[O-])c2C)c(C(=O)NCC(C)C)n1. The number of nitro groups is 1. The Hall–Kier alpha value is -3.24. The fourth-order valence-corrected chi connectivity index (χ4v) is 2.65. The topological polar surface area (TPSA) is 137 Å². The lowest BCUT2D eigenvalue weighted by molar-refractivity contribution is -0.386. The number of aromatic nitrogens is 4. The van der Waals surface area contributed by atoms with Gasteiger partial charge in [-0.05, 0) is 26.7 Å². The van der Waals surface area contributed by atoms with Gasteiger partial charge in [0.2, 0.25) is 5.91 Å². The third-order valence-corrected chi connectivity index (χ3v) is 4.06. The van der Waals surface area contributed by atoms with E-state index in [1.54, 1.807) is 10.9 Å². The molecule has 28 heavy (non-hydrogen) atoms. The number of nitrogens with one attached hydrogen (secondary N) is 2. The maximum absolute atomic E-state index is 12.5. The van der Waals surface area contributed by atoms with Crippen LogP contribution in [0.4, 0.5) is 11.4 Å². The Kier molecular flexibility index (Phi) is 6.49. The molecule has 0 atom stereocenters. The van der Waals surface area contributed by atoms with Crippen molar-refractivity contribution in [3.63, 3.8) is 0 Å². The van der Waals surface area contributed by atoms with Crippen LogP contribution in [0.1, 0.15) is 42.6 Å². The highest BCUT2D eigenvalue weighted by Crippen LogP contribution is 2.22. The number of aryl methyl sites for hydroxylation is 2. The van der Waals surface area contributed by atoms with Crippen molar-refractivity contribution in [3.05, 3.63) is 33.4 Å². The highest BCUT2D eigenvalue weighted by molar-refractivity contribution is 6.02. The molecular formula is C17H25N7O4. The van der Waals surface area contributed by atoms with Crippen molar-refractivity contribution in [1.82, 2.24) is 24.9 Å². The van der Waals surface area contributed by atoms with Crippen LogP contribution in [0.25, 0.3) is 0 Å². The highest BCUT2D eigenvalue weighted by Gasteiger charge is 2.24. The standard InChI is InChI=1S/C17H25N7O4/c1-6-22-8-13(15(21-22)17(26)18-7-10(2)3)19-14(25)9-23-12(5)16(24(27)28)11(4)20-23/h8,10H,6-7,9H2,1-5H3,(H,18,26)(H,19,25). The van der Waals surface area contributed by atoms with Gasteiger partial charge in [0.15, 0.2) is 5.69 Å². The molecule has 11 nitrogen and oxygen atoms in total. The lowest BCUT2D eigenvalue weighted by atomic mass is 10.2. The Labute approximate surface area is 162 Å². The zero-order valence-corrected chi connectivity index (χ0v) is 16.6. The third-order valence-electron chi connectivity index (χ3n) is 4.06. The number of carbonyl (C=O) groups is 2. The molecule has 2 amide bonds. The molecule has 2 rings (SSSR count). The molecule has 0 fully saturated rings. The molecule has 0 saturated heterocycles. The van der Waals surface area contributed by atoms with Gasteiger partial charge in [-0.15, -0.1) is 0 Å². The Morgan fingerprint density at radius 2 is 1.96 bits per heavy atom. The van der Waals surface area contributed by atoms with E-state index in [2.05, 4.69) is 20.8 Å². The van der Waals surface area contributed by atoms with Crippen LogP contribution >= 0.6 is 0 Å². The van der Waals surface area contributed by atoms with Crippen molar-refractivity contribution >= 4 is 23.2 Å². The minimum Gasteiger partial charge on any atom is -0.350 e. The average molecular weight is 391 g/mol. The summed E-state index contributed by atoms with van der Waals surface area (Å²) in [6, 6.07) is 0. The summed E-state index contributed by atoms with van der Waals surface area (Å²) in [5.74, 6) is -0.566. The van der Waals surface area contributed by atoms with Gasteiger partial charge in [0.1, 0.15) is 17.9 Å². The van der Waals surface area contributed by atoms with Gasteiger partial charge in [-0.2, -0.15) is 10.2 Å². The molecule has 0 radical (unpaired) electrons. The summed E-state index contributed by atoms with van der Waals surface area (Å²) in [5, 5.41) is 24.8. The summed E-state index contributed by atoms with van der Waals surface area (Å²) in [7, 11) is 0. The van der Waals surface area contributed by atoms with Crippen molar-refractivity contribution in [2.24, 2.45) is 5.92 Å². The lowest BCUT2D eigenvalue weighted by Gasteiger charge is -2.08. The normalized spacial score (nSPS) is 10.9. The maximum Gasteiger partial charge on any atom is 0.312 e. The van der Waals surface area contributed by atoms with E-state index in [4.69, 9.17) is 0 Å². The molecule has 0 aromatic carbocycles. The molecule has 0 aliphatic heterocycles. The van der Waals surface area contributed by atoms with E-state index in [1.165, 1.54) is 18.5 Å². The maximum atomic E-state index is 12.5. The molecule has 2 heterocycles. The first-order valence-corrected chi connectivity index (χ1v) is 8.97. The van der Waals surface area contributed by atoms with Gasteiger partial charge in [-0.3, -0.25) is 29.1 Å². The van der Waals surface area contributed by atoms with E-state index in [1.807, 2.05) is 20.8 Å². The summed E-state index contributed by atoms with van der Waals surface area (Å²) in [5.41, 5.74) is 0.819. The fourth-order valence-electron chi connectivity index (χ4n) is 2.65. The van der Waals surface area contributed by atoms with Crippen LogP contribution in [0.3, 0.4) is 0 Å². The minimum absolute atomic E-state index is 0.111. The van der Waals surface area contributed by atoms with Crippen molar-refractivity contribution in [2.45, 2.75) is 47.7 Å². The Morgan fingerprint density at radius 1 is 1.29 bits per heavy atom. The number of rotatable bonds is 8. The van der Waals surface area contributed by atoms with Crippen LogP contribution in [0, 0.1) is 29.9 Å². The van der Waals surface area contributed by atoms with Gasteiger partial charge in [0, 0.05) is 19.3 Å². The van der Waals surface area contributed by atoms with Gasteiger partial charge >= 0.3 is 5.69 Å².